The van der Waals surface area contributed by atoms with Gasteiger partial charge in [0.05, 0.1) is 19.8 Å². The van der Waals surface area contributed by atoms with Gasteiger partial charge < -0.3 is 15.2 Å². The van der Waals surface area contributed by atoms with E-state index in [2.05, 4.69) is 19.2 Å². The molecule has 90 valence electrons. The van der Waals surface area contributed by atoms with Crippen molar-refractivity contribution in [3.8, 4) is 0 Å². The first kappa shape index (κ1) is 12.9. The molecule has 0 aliphatic heterocycles. The van der Waals surface area contributed by atoms with Gasteiger partial charge in [0.25, 0.3) is 0 Å². The second kappa shape index (κ2) is 7.20. The highest BCUT2D eigenvalue weighted by atomic mass is 16.5. The van der Waals surface area contributed by atoms with Crippen molar-refractivity contribution in [2.45, 2.75) is 39.2 Å². The monoisotopic (exact) mass is 215 g/mol. The summed E-state index contributed by atoms with van der Waals surface area (Å²) in [6.07, 6.45) is 3.93. The largest absolute Gasteiger partial charge is 0.394 e. The number of hydrogen-bond acceptors (Lipinski definition) is 3. The van der Waals surface area contributed by atoms with Gasteiger partial charge in [0, 0.05) is 12.6 Å². The van der Waals surface area contributed by atoms with Gasteiger partial charge in [-0.15, -0.1) is 0 Å². The van der Waals surface area contributed by atoms with E-state index < -0.39 is 0 Å². The van der Waals surface area contributed by atoms with Crippen molar-refractivity contribution in [1.29, 1.82) is 0 Å². The Morgan fingerprint density at radius 2 is 2.00 bits per heavy atom. The molecule has 0 saturated heterocycles. The van der Waals surface area contributed by atoms with Crippen molar-refractivity contribution in [2.24, 2.45) is 11.8 Å². The molecule has 0 heterocycles. The lowest BCUT2D eigenvalue weighted by Crippen LogP contribution is -2.37. The van der Waals surface area contributed by atoms with Crippen LogP contribution in [0.2, 0.25) is 0 Å². The van der Waals surface area contributed by atoms with Gasteiger partial charge in [0.1, 0.15) is 0 Å². The molecule has 1 aliphatic rings. The molecule has 2 N–H and O–H groups in total. The fourth-order valence-corrected chi connectivity index (χ4v) is 2.23. The zero-order chi connectivity index (χ0) is 11.1. The number of nitrogens with one attached hydrogen (secondary N) is 1. The average Bonchev–Trinajstić information content (AvgIpc) is 2.23. The Hall–Kier alpha value is -0.120. The van der Waals surface area contributed by atoms with E-state index in [0.29, 0.717) is 19.3 Å². The fraction of sp³-hybridized carbons (Fsp3) is 1.00. The van der Waals surface area contributed by atoms with Gasteiger partial charge in [0.15, 0.2) is 0 Å². The number of aliphatic hydroxyl groups is 1. The highest BCUT2D eigenvalue weighted by molar-refractivity contribution is 4.79. The lowest BCUT2D eigenvalue weighted by molar-refractivity contribution is 0.0903. The smallest absolute Gasteiger partial charge is 0.0698 e. The first-order chi connectivity index (χ1) is 7.24. The van der Waals surface area contributed by atoms with Crippen molar-refractivity contribution >= 4 is 0 Å². The summed E-state index contributed by atoms with van der Waals surface area (Å²) in [7, 11) is 0. The number of ether oxygens (including phenoxy) is 1. The standard InChI is InChI=1S/C12H25NO2/c1-10-3-4-12(9-11(10)2)13-5-7-15-8-6-14/h10-14H,3-9H2,1-2H3/t10-,11-,12-/m1/s1. The van der Waals surface area contributed by atoms with Crippen molar-refractivity contribution in [1.82, 2.24) is 5.32 Å². The van der Waals surface area contributed by atoms with Crippen LogP contribution in [0, 0.1) is 11.8 Å². The Morgan fingerprint density at radius 3 is 2.67 bits per heavy atom. The Kier molecular flexibility index (Phi) is 6.22. The second-order valence-electron chi connectivity index (χ2n) is 4.75. The Bertz CT molecular complexity index is 164. The normalized spacial score (nSPS) is 31.8. The summed E-state index contributed by atoms with van der Waals surface area (Å²) >= 11 is 0. The number of hydrogen-bond donors (Lipinski definition) is 2. The molecular formula is C12H25NO2. The van der Waals surface area contributed by atoms with Crippen molar-refractivity contribution in [3.05, 3.63) is 0 Å². The summed E-state index contributed by atoms with van der Waals surface area (Å²) in [6.45, 7) is 6.90. The quantitative estimate of drug-likeness (QED) is 0.658. The molecule has 0 aromatic carbocycles. The Morgan fingerprint density at radius 1 is 1.20 bits per heavy atom. The van der Waals surface area contributed by atoms with Gasteiger partial charge in [-0.2, -0.15) is 0 Å². The van der Waals surface area contributed by atoms with Crippen molar-refractivity contribution in [3.63, 3.8) is 0 Å². The van der Waals surface area contributed by atoms with Crippen LogP contribution in [-0.2, 0) is 4.74 Å². The third-order valence-corrected chi connectivity index (χ3v) is 3.51. The minimum Gasteiger partial charge on any atom is -0.394 e. The van der Waals surface area contributed by atoms with Gasteiger partial charge in [-0.1, -0.05) is 13.8 Å². The van der Waals surface area contributed by atoms with E-state index in [4.69, 9.17) is 9.84 Å². The van der Waals surface area contributed by atoms with Crippen LogP contribution in [0.15, 0.2) is 0 Å². The lowest BCUT2D eigenvalue weighted by atomic mass is 9.79. The first-order valence-corrected chi connectivity index (χ1v) is 6.16. The molecule has 0 unspecified atom stereocenters. The highest BCUT2D eigenvalue weighted by Gasteiger charge is 2.23. The molecule has 0 aromatic heterocycles. The van der Waals surface area contributed by atoms with Gasteiger partial charge in [-0.25, -0.2) is 0 Å². The Balaban J connectivity index is 2.02. The van der Waals surface area contributed by atoms with Crippen LogP contribution in [-0.4, -0.2) is 37.5 Å². The van der Waals surface area contributed by atoms with E-state index in [1.807, 2.05) is 0 Å². The van der Waals surface area contributed by atoms with Crippen LogP contribution in [0.25, 0.3) is 0 Å². The summed E-state index contributed by atoms with van der Waals surface area (Å²) in [6, 6.07) is 0.675. The Labute approximate surface area is 93.2 Å². The van der Waals surface area contributed by atoms with Crippen LogP contribution in [0.5, 0.6) is 0 Å². The third kappa shape index (κ3) is 4.96. The molecule has 1 saturated carbocycles. The predicted molar refractivity (Wildman–Crippen MR) is 61.9 cm³/mol. The van der Waals surface area contributed by atoms with Crippen molar-refractivity contribution < 1.29 is 9.84 Å². The van der Waals surface area contributed by atoms with E-state index in [1.54, 1.807) is 0 Å². The molecule has 15 heavy (non-hydrogen) atoms. The van der Waals surface area contributed by atoms with Crippen LogP contribution in [0.1, 0.15) is 33.1 Å². The van der Waals surface area contributed by atoms with E-state index in [1.165, 1.54) is 19.3 Å². The highest BCUT2D eigenvalue weighted by Crippen LogP contribution is 2.29. The van der Waals surface area contributed by atoms with E-state index in [9.17, 15) is 0 Å². The third-order valence-electron chi connectivity index (χ3n) is 3.51. The fourth-order valence-electron chi connectivity index (χ4n) is 2.23. The number of aliphatic hydroxyl groups excluding tert-OH is 1. The molecule has 1 aliphatic carbocycles. The molecule has 1 rings (SSSR count). The maximum atomic E-state index is 8.53. The molecule has 1 fully saturated rings. The maximum absolute atomic E-state index is 8.53. The lowest BCUT2D eigenvalue weighted by Gasteiger charge is -2.32. The summed E-state index contributed by atoms with van der Waals surface area (Å²) in [4.78, 5) is 0. The minimum atomic E-state index is 0.123. The van der Waals surface area contributed by atoms with Crippen LogP contribution in [0.3, 0.4) is 0 Å². The number of rotatable bonds is 6. The molecular weight excluding hydrogens is 190 g/mol. The second-order valence-corrected chi connectivity index (χ2v) is 4.75. The summed E-state index contributed by atoms with van der Waals surface area (Å²) in [5.41, 5.74) is 0. The molecule has 0 aromatic rings. The molecule has 3 atom stereocenters. The molecule has 0 spiro atoms. The van der Waals surface area contributed by atoms with Crippen LogP contribution in [0.4, 0.5) is 0 Å². The first-order valence-electron chi connectivity index (χ1n) is 6.16. The summed E-state index contributed by atoms with van der Waals surface area (Å²) in [5.74, 6) is 1.73. The summed E-state index contributed by atoms with van der Waals surface area (Å²) < 4.78 is 5.21. The topological polar surface area (TPSA) is 41.5 Å². The molecule has 0 radical (unpaired) electrons. The molecule has 0 bridgehead atoms. The van der Waals surface area contributed by atoms with E-state index in [-0.39, 0.29) is 6.61 Å². The van der Waals surface area contributed by atoms with Gasteiger partial charge in [-0.3, -0.25) is 0 Å². The zero-order valence-electron chi connectivity index (χ0n) is 10.0. The molecule has 3 heteroatoms. The summed E-state index contributed by atoms with van der Waals surface area (Å²) in [5, 5.41) is 12.1. The van der Waals surface area contributed by atoms with E-state index >= 15 is 0 Å². The van der Waals surface area contributed by atoms with Gasteiger partial charge in [0.2, 0.25) is 0 Å². The minimum absolute atomic E-state index is 0.123. The maximum Gasteiger partial charge on any atom is 0.0698 e. The van der Waals surface area contributed by atoms with Crippen LogP contribution < -0.4 is 5.32 Å². The van der Waals surface area contributed by atoms with Crippen molar-refractivity contribution in [2.75, 3.05) is 26.4 Å². The zero-order valence-corrected chi connectivity index (χ0v) is 10.0. The SMILES string of the molecule is C[C@@H]1CC[C@@H](NCCOCCO)C[C@H]1C. The molecule has 0 amide bonds. The van der Waals surface area contributed by atoms with Gasteiger partial charge in [-0.05, 0) is 31.1 Å². The van der Waals surface area contributed by atoms with Crippen LogP contribution >= 0.6 is 0 Å². The predicted octanol–water partition coefficient (Wildman–Crippen LogP) is 1.41. The van der Waals surface area contributed by atoms with E-state index in [0.717, 1.165) is 18.4 Å². The average molecular weight is 215 g/mol. The van der Waals surface area contributed by atoms with Gasteiger partial charge >= 0.3 is 0 Å². The molecule has 3 nitrogen and oxygen atoms in total.